The van der Waals surface area contributed by atoms with E-state index in [1.54, 1.807) is 0 Å². The first-order valence-corrected chi connectivity index (χ1v) is 0.447. The maximum Gasteiger partial charge on any atom is 2.00 e. The molecular formula is C2MgN2. The predicted molar refractivity (Wildman–Crippen MR) is 15.7 cm³/mol. The predicted octanol–water partition coefficient (Wildman–Crippen LogP) is -0.188. The molecule has 0 atom stereocenters. The quantitative estimate of drug-likeness (QED) is 0.297. The molecular weight excluding hydrogens is 76.3 g/mol. The van der Waals surface area contributed by atoms with Crippen LogP contribution in [-0.2, 0) is 0 Å². The molecule has 0 heterocycles. The van der Waals surface area contributed by atoms with E-state index >= 15 is 0 Å². The summed E-state index contributed by atoms with van der Waals surface area (Å²) in [6, 6.07) is 0. The van der Waals surface area contributed by atoms with Gasteiger partial charge in [-0.2, -0.15) is 0 Å². The number of hydrogen-bond donors (Lipinski definition) is 0. The van der Waals surface area contributed by atoms with E-state index < -0.39 is 0 Å². The zero-order chi connectivity index (χ0) is 4.00. The smallest absolute Gasteiger partial charge is 0.512 e. The summed E-state index contributed by atoms with van der Waals surface area (Å²) >= 11 is 0. The van der Waals surface area contributed by atoms with Crippen LogP contribution < -0.4 is 0 Å². The molecule has 0 N–H and O–H groups in total. The average molecular weight is 76.3 g/mol. The largest absolute Gasteiger partial charge is 2.00 e. The van der Waals surface area contributed by atoms with Crippen molar-refractivity contribution in [2.24, 2.45) is 0 Å². The second-order valence-electron chi connectivity index (χ2n) is 0. The first-order valence-electron chi connectivity index (χ1n) is 0.447. The van der Waals surface area contributed by atoms with Gasteiger partial charge in [0.25, 0.3) is 0 Å². The van der Waals surface area contributed by atoms with Gasteiger partial charge in [-0.15, -0.1) is 0 Å². The van der Waals surface area contributed by atoms with Crippen molar-refractivity contribution in [3.05, 3.63) is 13.1 Å². The molecule has 0 aromatic carbocycles. The van der Waals surface area contributed by atoms with E-state index in [-0.39, 0.29) is 23.1 Å². The summed E-state index contributed by atoms with van der Waals surface area (Å²) in [6.07, 6.45) is 0. The Morgan fingerprint density at radius 1 is 0.800 bits per heavy atom. The number of rotatable bonds is 0. The zero-order valence-electron chi connectivity index (χ0n) is 2.60. The topological polar surface area (TPSA) is 47.6 Å². The molecule has 5 heavy (non-hydrogen) atoms. The van der Waals surface area contributed by atoms with Crippen molar-refractivity contribution in [2.45, 2.75) is 0 Å². The van der Waals surface area contributed by atoms with Crippen molar-refractivity contribution < 1.29 is 0 Å². The van der Waals surface area contributed by atoms with Crippen LogP contribution in [0.4, 0.5) is 0 Å². The maximum absolute atomic E-state index is 6.25. The Balaban J connectivity index is -0.0000000133. The van der Waals surface area contributed by atoms with Gasteiger partial charge in [-0.25, -0.2) is 0 Å². The molecule has 20 valence electrons. The molecule has 0 aliphatic heterocycles. The molecule has 0 bridgehead atoms. The summed E-state index contributed by atoms with van der Waals surface area (Å²) in [4.78, 5) is 0. The van der Waals surface area contributed by atoms with Crippen molar-refractivity contribution in [3.8, 4) is 0 Å². The molecule has 0 saturated carbocycles. The van der Waals surface area contributed by atoms with Gasteiger partial charge in [0, 0.05) is 0 Å². The van der Waals surface area contributed by atoms with Gasteiger partial charge in [-0.05, 0) is 0 Å². The number of nitrogens with zero attached hydrogens (tertiary/aromatic N) is 2. The van der Waals surface area contributed by atoms with E-state index in [2.05, 4.69) is 0 Å². The average Bonchev–Trinajstić information content (AvgIpc) is 1.50. The van der Waals surface area contributed by atoms with Gasteiger partial charge in [-0.1, -0.05) is 0 Å². The molecule has 0 amide bonds. The molecule has 0 spiro atoms. The SMILES string of the molecule is [C-]#N.[C-]#N.[Mg+2]. The third-order valence-electron chi connectivity index (χ3n) is 0. The molecule has 0 aromatic rings. The van der Waals surface area contributed by atoms with E-state index in [4.69, 9.17) is 23.7 Å². The Hall–Kier alpha value is -0.254. The van der Waals surface area contributed by atoms with E-state index in [0.29, 0.717) is 0 Å². The minimum absolute atomic E-state index is 0. The van der Waals surface area contributed by atoms with E-state index in [9.17, 15) is 0 Å². The summed E-state index contributed by atoms with van der Waals surface area (Å²) in [5.74, 6) is 0. The van der Waals surface area contributed by atoms with Gasteiger partial charge in [0.15, 0.2) is 0 Å². The van der Waals surface area contributed by atoms with Crippen molar-refractivity contribution in [1.29, 1.82) is 10.5 Å². The fourth-order valence-electron chi connectivity index (χ4n) is 0. The van der Waals surface area contributed by atoms with Crippen LogP contribution in [0.15, 0.2) is 0 Å². The summed E-state index contributed by atoms with van der Waals surface area (Å²) in [5, 5.41) is 12.5. The second kappa shape index (κ2) is 439. The van der Waals surface area contributed by atoms with Gasteiger partial charge >= 0.3 is 23.1 Å². The molecule has 0 saturated heterocycles. The van der Waals surface area contributed by atoms with Crippen LogP contribution in [0, 0.1) is 23.7 Å². The summed E-state index contributed by atoms with van der Waals surface area (Å²) in [6.45, 7) is 9.50. The van der Waals surface area contributed by atoms with Crippen LogP contribution in [0.25, 0.3) is 0 Å². The molecule has 0 rings (SSSR count). The third kappa shape index (κ3) is 177. The van der Waals surface area contributed by atoms with Crippen LogP contribution in [0.3, 0.4) is 0 Å². The Morgan fingerprint density at radius 2 is 0.800 bits per heavy atom. The van der Waals surface area contributed by atoms with Gasteiger partial charge < -0.3 is 23.7 Å². The summed E-state index contributed by atoms with van der Waals surface area (Å²) in [7, 11) is 0. The van der Waals surface area contributed by atoms with Gasteiger partial charge in [-0.3, -0.25) is 0 Å². The monoisotopic (exact) mass is 76.0 g/mol. The van der Waals surface area contributed by atoms with Crippen molar-refractivity contribution in [2.75, 3.05) is 0 Å². The fourth-order valence-corrected chi connectivity index (χ4v) is 0. The van der Waals surface area contributed by atoms with Gasteiger partial charge in [0.1, 0.15) is 0 Å². The van der Waals surface area contributed by atoms with Crippen LogP contribution in [0.1, 0.15) is 0 Å². The Labute approximate surface area is 47.2 Å². The molecule has 0 unspecified atom stereocenters. The van der Waals surface area contributed by atoms with E-state index in [1.807, 2.05) is 0 Å². The molecule has 3 heteroatoms. The first-order chi connectivity index (χ1) is 2.00. The van der Waals surface area contributed by atoms with Crippen molar-refractivity contribution in [3.63, 3.8) is 0 Å². The van der Waals surface area contributed by atoms with Crippen LogP contribution in [0.2, 0.25) is 0 Å². The molecule has 0 aromatic heterocycles. The fraction of sp³-hybridized carbons (Fsp3) is 0. The minimum atomic E-state index is 0. The van der Waals surface area contributed by atoms with Gasteiger partial charge in [0.05, 0.1) is 0 Å². The van der Waals surface area contributed by atoms with Crippen molar-refractivity contribution >= 4 is 23.1 Å². The van der Waals surface area contributed by atoms with Gasteiger partial charge in [0.2, 0.25) is 0 Å². The van der Waals surface area contributed by atoms with E-state index in [1.165, 1.54) is 0 Å². The standard InChI is InChI=1S/2CN.Mg/c2*1-2;/q2*-1;+2. The Kier molecular flexibility index (Phi) is 1920. The zero-order valence-corrected chi connectivity index (χ0v) is 4.02. The molecule has 0 aliphatic carbocycles. The maximum atomic E-state index is 6.25. The molecule has 0 fully saturated rings. The normalized spacial score (nSPS) is 0.800. The second-order valence-corrected chi connectivity index (χ2v) is 0. The first kappa shape index (κ1) is 21.8. The summed E-state index contributed by atoms with van der Waals surface area (Å²) in [5.41, 5.74) is 0. The van der Waals surface area contributed by atoms with E-state index in [0.717, 1.165) is 0 Å². The molecule has 0 radical (unpaired) electrons. The van der Waals surface area contributed by atoms with Crippen molar-refractivity contribution in [1.82, 2.24) is 0 Å². The minimum Gasteiger partial charge on any atom is -0.512 e. The summed E-state index contributed by atoms with van der Waals surface area (Å²) < 4.78 is 0. The molecule has 0 aliphatic rings. The third-order valence-corrected chi connectivity index (χ3v) is 0. The molecule has 2 nitrogen and oxygen atoms in total. The number of hydrogen-bond acceptors (Lipinski definition) is 2. The Bertz CT molecular complexity index is 23.1. The van der Waals surface area contributed by atoms with Crippen LogP contribution in [0.5, 0.6) is 0 Å². The van der Waals surface area contributed by atoms with Crippen LogP contribution in [-0.4, -0.2) is 23.1 Å². The Morgan fingerprint density at radius 3 is 0.800 bits per heavy atom. The van der Waals surface area contributed by atoms with Crippen LogP contribution >= 0.6 is 0 Å².